The number of aliphatic hydroxyl groups excluding tert-OH is 1. The number of Topliss-reactive ketones (excluding diaryl/α,β-unsaturated/α-hetero) is 1. The summed E-state index contributed by atoms with van der Waals surface area (Å²) in [5.41, 5.74) is -5.77. The lowest BCUT2D eigenvalue weighted by Gasteiger charge is -2.71. The number of carbonyl (C=O) groups is 3. The van der Waals surface area contributed by atoms with E-state index in [-0.39, 0.29) is 25.7 Å². The molecule has 11 nitrogen and oxygen atoms in total. The van der Waals surface area contributed by atoms with Crippen molar-refractivity contribution in [2.75, 3.05) is 20.6 Å². The lowest BCUT2D eigenvalue weighted by atomic mass is 9.39. The van der Waals surface area contributed by atoms with Crippen LogP contribution in [0.2, 0.25) is 0 Å². The molecule has 0 bridgehead atoms. The lowest BCUT2D eigenvalue weighted by molar-refractivity contribution is -0.398. The van der Waals surface area contributed by atoms with Gasteiger partial charge in [-0.15, -0.1) is 12.1 Å². The number of carbonyl (C=O) groups excluding carboxylic acids is 3. The van der Waals surface area contributed by atoms with Crippen LogP contribution >= 0.6 is 0 Å². The Morgan fingerprint density at radius 1 is 1.19 bits per heavy atom. The average Bonchev–Trinajstić information content (AvgIpc) is 2.76. The van der Waals surface area contributed by atoms with Gasteiger partial charge in [-0.25, -0.2) is 9.59 Å². The molecule has 2 saturated carbocycles. The summed E-state index contributed by atoms with van der Waals surface area (Å²) in [5.74, 6) is -4.62. The van der Waals surface area contributed by atoms with E-state index in [1.807, 2.05) is 19.3 Å². The number of ketones is 1. The van der Waals surface area contributed by atoms with E-state index in [9.17, 15) is 29.7 Å². The predicted molar refractivity (Wildman–Crippen MR) is 132 cm³/mol. The smallest absolute Gasteiger partial charge is 0.414 e. The minimum atomic E-state index is -2.42. The maximum atomic E-state index is 13.8. The molecular formula is C26H42N2O9. The minimum Gasteiger partial charge on any atom is -0.414 e. The molecule has 0 unspecified atom stereocenters. The van der Waals surface area contributed by atoms with Gasteiger partial charge in [0.25, 0.3) is 0 Å². The quantitative estimate of drug-likeness (QED) is 0.235. The highest BCUT2D eigenvalue weighted by atomic mass is 16.7. The van der Waals surface area contributed by atoms with Crippen LogP contribution < -0.4 is 5.48 Å². The third-order valence-corrected chi connectivity index (χ3v) is 8.96. The van der Waals surface area contributed by atoms with Crippen molar-refractivity contribution in [3.05, 3.63) is 12.7 Å². The zero-order valence-corrected chi connectivity index (χ0v) is 22.9. The molecule has 3 rings (SSSR count). The Morgan fingerprint density at radius 3 is 2.38 bits per heavy atom. The Bertz CT molecular complexity index is 970. The molecule has 2 aliphatic carbocycles. The van der Waals surface area contributed by atoms with E-state index in [1.54, 1.807) is 25.9 Å². The molecule has 4 N–H and O–H groups in total. The van der Waals surface area contributed by atoms with Crippen LogP contribution in [0, 0.1) is 16.7 Å². The Morgan fingerprint density at radius 2 is 1.81 bits per heavy atom. The number of fused-ring (bicyclic) bond motifs is 3. The van der Waals surface area contributed by atoms with Gasteiger partial charge in [0.2, 0.25) is 5.79 Å². The van der Waals surface area contributed by atoms with Gasteiger partial charge in [-0.3, -0.25) is 4.79 Å². The van der Waals surface area contributed by atoms with Gasteiger partial charge < -0.3 is 34.5 Å². The first-order valence-corrected chi connectivity index (χ1v) is 12.6. The first-order chi connectivity index (χ1) is 16.8. The maximum absolute atomic E-state index is 13.8. The normalized spacial score (nSPS) is 42.8. The van der Waals surface area contributed by atoms with Gasteiger partial charge in [0.15, 0.2) is 11.4 Å². The van der Waals surface area contributed by atoms with Gasteiger partial charge >= 0.3 is 12.1 Å². The number of rotatable bonds is 5. The average molecular weight is 527 g/mol. The second-order valence-corrected chi connectivity index (χ2v) is 12.4. The molecule has 1 heterocycles. The summed E-state index contributed by atoms with van der Waals surface area (Å²) in [6, 6.07) is 0. The summed E-state index contributed by atoms with van der Waals surface area (Å²) in [6.45, 7) is 12.5. The minimum absolute atomic E-state index is 0.00371. The van der Waals surface area contributed by atoms with Crippen molar-refractivity contribution in [1.82, 2.24) is 10.4 Å². The molecule has 7 atom stereocenters. The number of hydrogen-bond donors (Lipinski definition) is 4. The summed E-state index contributed by atoms with van der Waals surface area (Å²) >= 11 is 0. The summed E-state index contributed by atoms with van der Waals surface area (Å²) in [4.78, 5) is 45.0. The highest BCUT2D eigenvalue weighted by Gasteiger charge is 2.82. The third-order valence-electron chi connectivity index (χ3n) is 8.96. The molecule has 0 aromatic rings. The number of nitrogens with zero attached hydrogens (tertiary/aromatic N) is 1. The second-order valence-electron chi connectivity index (χ2n) is 12.4. The van der Waals surface area contributed by atoms with E-state index < -0.39 is 63.3 Å². The fourth-order valence-corrected chi connectivity index (χ4v) is 7.17. The summed E-state index contributed by atoms with van der Waals surface area (Å²) in [7, 11) is 3.55. The first kappa shape index (κ1) is 29.5. The van der Waals surface area contributed by atoms with Crippen LogP contribution in [0.5, 0.6) is 0 Å². The van der Waals surface area contributed by atoms with E-state index in [1.165, 1.54) is 19.9 Å². The Kier molecular flexibility index (Phi) is 7.42. The number of hydrogen-bond acceptors (Lipinski definition) is 10. The van der Waals surface area contributed by atoms with Crippen molar-refractivity contribution < 1.29 is 44.0 Å². The van der Waals surface area contributed by atoms with E-state index in [2.05, 4.69) is 6.58 Å². The first-order valence-electron chi connectivity index (χ1n) is 12.6. The Balaban J connectivity index is 2.01. The second kappa shape index (κ2) is 9.30. The monoisotopic (exact) mass is 526 g/mol. The number of amides is 1. The van der Waals surface area contributed by atoms with Crippen LogP contribution in [0.1, 0.15) is 66.7 Å². The standard InChI is InChI=1S/C26H42N2O9/c1-9-22(4)15-17(30)26(34)23(5,37-22)14-16(29)19-21(2,3)11-12-25(33,24(19,26)6)35-20(32)27-36-18(31)10-13-28(7)8/h9,16,19,29,33-34H,1,10-15H2,2-8H3,(H,27,32)/t16-,19+,22+,23-,24-,25-,26-/m1/s1. The molecule has 0 radical (unpaired) electrons. The molecular weight excluding hydrogens is 484 g/mol. The number of nitrogens with one attached hydrogen (secondary N) is 1. The van der Waals surface area contributed by atoms with Crippen LogP contribution in [-0.2, 0) is 23.9 Å². The Hall–Kier alpha value is -2.05. The largest absolute Gasteiger partial charge is 0.443 e. The molecule has 37 heavy (non-hydrogen) atoms. The van der Waals surface area contributed by atoms with Crippen molar-refractivity contribution in [3.63, 3.8) is 0 Å². The molecule has 0 spiro atoms. The molecule has 1 amide bonds. The van der Waals surface area contributed by atoms with Crippen molar-refractivity contribution in [2.45, 2.75) is 95.4 Å². The fraction of sp³-hybridized carbons (Fsp3) is 0.808. The molecule has 0 aromatic carbocycles. The molecule has 3 fully saturated rings. The Labute approximate surface area is 218 Å². The van der Waals surface area contributed by atoms with Crippen molar-refractivity contribution in [3.8, 4) is 0 Å². The van der Waals surface area contributed by atoms with Crippen molar-refractivity contribution in [2.24, 2.45) is 16.7 Å². The van der Waals surface area contributed by atoms with Gasteiger partial charge in [0.05, 0.1) is 23.5 Å². The summed E-state index contributed by atoms with van der Waals surface area (Å²) in [5, 5.41) is 35.8. The maximum Gasteiger partial charge on any atom is 0.443 e. The van der Waals surface area contributed by atoms with Crippen molar-refractivity contribution in [1.29, 1.82) is 0 Å². The van der Waals surface area contributed by atoms with Gasteiger partial charge in [0.1, 0.15) is 5.60 Å². The molecule has 1 saturated heterocycles. The number of hydroxylamine groups is 1. The number of ether oxygens (including phenoxy) is 2. The van der Waals surface area contributed by atoms with E-state index in [4.69, 9.17) is 14.3 Å². The lowest BCUT2D eigenvalue weighted by Crippen LogP contribution is -2.85. The zero-order chi connectivity index (χ0) is 28.2. The van der Waals surface area contributed by atoms with Crippen LogP contribution in [-0.4, -0.2) is 87.4 Å². The van der Waals surface area contributed by atoms with Gasteiger partial charge in [-0.05, 0) is 46.7 Å². The van der Waals surface area contributed by atoms with E-state index >= 15 is 0 Å². The third kappa shape index (κ3) is 4.48. The zero-order valence-electron chi connectivity index (χ0n) is 22.9. The van der Waals surface area contributed by atoms with E-state index in [0.29, 0.717) is 13.0 Å². The van der Waals surface area contributed by atoms with Crippen LogP contribution in [0.4, 0.5) is 4.79 Å². The highest BCUT2D eigenvalue weighted by molar-refractivity contribution is 5.92. The molecule has 1 aliphatic heterocycles. The molecule has 11 heteroatoms. The summed E-state index contributed by atoms with van der Waals surface area (Å²) < 4.78 is 11.7. The number of aliphatic hydroxyl groups is 3. The molecule has 3 aliphatic rings. The van der Waals surface area contributed by atoms with E-state index in [0.717, 1.165) is 0 Å². The van der Waals surface area contributed by atoms with Crippen LogP contribution in [0.3, 0.4) is 0 Å². The van der Waals surface area contributed by atoms with Crippen LogP contribution in [0.25, 0.3) is 0 Å². The molecule has 210 valence electrons. The highest BCUT2D eigenvalue weighted by Crippen LogP contribution is 2.69. The van der Waals surface area contributed by atoms with Gasteiger partial charge in [-0.1, -0.05) is 19.9 Å². The van der Waals surface area contributed by atoms with Crippen molar-refractivity contribution >= 4 is 17.8 Å². The van der Waals surface area contributed by atoms with Gasteiger partial charge in [-0.2, -0.15) is 0 Å². The summed E-state index contributed by atoms with van der Waals surface area (Å²) in [6.07, 6.45) is -1.07. The molecule has 0 aromatic heterocycles. The van der Waals surface area contributed by atoms with Crippen LogP contribution in [0.15, 0.2) is 12.7 Å². The fourth-order valence-electron chi connectivity index (χ4n) is 7.17. The van der Waals surface area contributed by atoms with Gasteiger partial charge in [0, 0.05) is 31.7 Å². The SMILES string of the molecule is C=C[C@@]1(C)CC(=O)[C@]2(O)[C@]3(C)[C@@H]([C@H](O)C[C@@]2(C)O1)C(C)(C)CC[C@@]3(O)OC(=O)NOC(=O)CCN(C)C. The predicted octanol–water partition coefficient (Wildman–Crippen LogP) is 1.44. The topological polar surface area (TPSA) is 155 Å².